The molecule has 0 aliphatic heterocycles. The molecule has 19 heteroatoms. The van der Waals surface area contributed by atoms with Gasteiger partial charge in [-0.1, -0.05) is 0 Å². The predicted octanol–water partition coefficient (Wildman–Crippen LogP) is -10.6. The molecule has 0 unspecified atom stereocenters. The summed E-state index contributed by atoms with van der Waals surface area (Å²) < 4.78 is 17.1. The minimum absolute atomic E-state index is 0. The largest absolute Gasteiger partial charge is 2.00 e. The normalized spacial score (nSPS) is 6.21. The van der Waals surface area contributed by atoms with Crippen molar-refractivity contribution in [1.82, 2.24) is 0 Å². The first-order valence-corrected chi connectivity index (χ1v) is 4.38. The van der Waals surface area contributed by atoms with Gasteiger partial charge >= 0.3 is 49.5 Å². The molecular weight excluding hydrogens is 462 g/mol. The average Bonchev–Trinajstić information content (AvgIpc) is 1.12. The first-order valence-electron chi connectivity index (χ1n) is 1.46. The molecule has 0 rings (SSSR count). The zero-order chi connectivity index (χ0) is 9.00. The quantitative estimate of drug-likeness (QED) is 0.239. The van der Waals surface area contributed by atoms with E-state index in [4.69, 9.17) is 38.5 Å². The van der Waals surface area contributed by atoms with Crippen LogP contribution in [0.5, 0.6) is 0 Å². The molecule has 0 heterocycles. The van der Waals surface area contributed by atoms with Crippen LogP contribution in [0, 0.1) is 0 Å². The van der Waals surface area contributed by atoms with Crippen LogP contribution in [0.2, 0.25) is 0 Å². The van der Waals surface area contributed by atoms with Crippen LogP contribution < -0.4 is 29.4 Å². The van der Waals surface area contributed by atoms with Gasteiger partial charge in [-0.05, 0) is 0 Å². The van der Waals surface area contributed by atoms with E-state index in [1.165, 1.54) is 0 Å². The van der Waals surface area contributed by atoms with E-state index in [-0.39, 0.29) is 82.3 Å². The van der Waals surface area contributed by atoms with Crippen LogP contribution in [0.1, 0.15) is 0 Å². The van der Waals surface area contributed by atoms with Crippen molar-refractivity contribution < 1.29 is 121 Å². The van der Waals surface area contributed by atoms with E-state index in [0.29, 0.717) is 0 Å². The monoisotopic (exact) mass is 472 g/mol. The molecule has 0 aromatic heterocycles. The van der Waals surface area contributed by atoms with E-state index in [9.17, 15) is 0 Å². The Hall–Kier alpha value is 1.46. The second-order valence-electron chi connectivity index (χ2n) is 0.894. The zero-order valence-electron chi connectivity index (χ0n) is 8.11. The SMILES string of the molecule is O.O.O.O.O.O.O=P([O-])([O-])[O-].O=P([O-])([O-])[O-].[Ni+2].[Ni+2].[Ni+2]. The molecule has 0 spiro atoms. The Labute approximate surface area is 136 Å². The topological polar surface area (TPSA) is 362 Å². The molecule has 0 bridgehead atoms. The third-order valence-corrected chi connectivity index (χ3v) is 0. The molecule has 0 aromatic rings. The molecule has 136 valence electrons. The maximum absolute atomic E-state index is 8.55. The van der Waals surface area contributed by atoms with Crippen LogP contribution in [-0.2, 0) is 58.6 Å². The summed E-state index contributed by atoms with van der Waals surface area (Å²) in [6.45, 7) is 0. The van der Waals surface area contributed by atoms with Gasteiger partial charge in [0.05, 0.1) is 0 Å². The Morgan fingerprint density at radius 3 is 0.421 bits per heavy atom. The molecule has 12 N–H and O–H groups in total. The molecule has 0 radical (unpaired) electrons. The smallest absolute Gasteiger partial charge is 0.822 e. The van der Waals surface area contributed by atoms with Gasteiger partial charge in [0.15, 0.2) is 0 Å². The predicted molar refractivity (Wildman–Crippen MR) is 36.9 cm³/mol. The van der Waals surface area contributed by atoms with Gasteiger partial charge in [0, 0.05) is 0 Å². The van der Waals surface area contributed by atoms with Crippen molar-refractivity contribution in [2.75, 3.05) is 0 Å². The van der Waals surface area contributed by atoms with Gasteiger partial charge in [0.2, 0.25) is 0 Å². The third-order valence-electron chi connectivity index (χ3n) is 0. The Bertz CT molecular complexity index is 133. The molecule has 0 fully saturated rings. The van der Waals surface area contributed by atoms with E-state index in [2.05, 4.69) is 0 Å². The summed E-state index contributed by atoms with van der Waals surface area (Å²) in [6.07, 6.45) is 0. The Kier molecular flexibility index (Phi) is 167. The van der Waals surface area contributed by atoms with Gasteiger partial charge in [0.1, 0.15) is 0 Å². The fourth-order valence-corrected chi connectivity index (χ4v) is 0. The van der Waals surface area contributed by atoms with Crippen molar-refractivity contribution in [2.24, 2.45) is 0 Å². The van der Waals surface area contributed by atoms with Gasteiger partial charge in [-0.15, -0.1) is 0 Å². The number of hydrogen-bond donors (Lipinski definition) is 0. The zero-order valence-corrected chi connectivity index (χ0v) is 12.9. The summed E-state index contributed by atoms with van der Waals surface area (Å²) in [5.41, 5.74) is 0. The minimum atomic E-state index is -5.39. The van der Waals surface area contributed by atoms with E-state index in [0.717, 1.165) is 0 Å². The van der Waals surface area contributed by atoms with Crippen molar-refractivity contribution in [3.8, 4) is 0 Å². The van der Waals surface area contributed by atoms with Crippen LogP contribution in [0.15, 0.2) is 0 Å². The maximum atomic E-state index is 8.55. The summed E-state index contributed by atoms with van der Waals surface area (Å²) in [6, 6.07) is 0. The van der Waals surface area contributed by atoms with E-state index in [1.807, 2.05) is 0 Å². The Balaban J connectivity index is -0.00000000508. The number of rotatable bonds is 0. The molecule has 0 saturated heterocycles. The molecule has 0 atom stereocenters. The van der Waals surface area contributed by atoms with Crippen molar-refractivity contribution in [3.05, 3.63) is 0 Å². The average molecular weight is 474 g/mol. The van der Waals surface area contributed by atoms with Crippen LogP contribution in [0.3, 0.4) is 0 Å². The van der Waals surface area contributed by atoms with Gasteiger partial charge in [-0.3, -0.25) is 0 Å². The van der Waals surface area contributed by atoms with Gasteiger partial charge in [0.25, 0.3) is 0 Å². The number of phosphoric acid groups is 2. The van der Waals surface area contributed by atoms with Crippen molar-refractivity contribution in [2.45, 2.75) is 0 Å². The second-order valence-corrected chi connectivity index (χ2v) is 2.68. The molecule has 14 nitrogen and oxygen atoms in total. The summed E-state index contributed by atoms with van der Waals surface area (Å²) in [7, 11) is -10.8. The van der Waals surface area contributed by atoms with Crippen LogP contribution in [0.25, 0.3) is 0 Å². The summed E-state index contributed by atoms with van der Waals surface area (Å²) in [5, 5.41) is 0. The van der Waals surface area contributed by atoms with Crippen molar-refractivity contribution in [1.29, 1.82) is 0 Å². The van der Waals surface area contributed by atoms with Crippen LogP contribution >= 0.6 is 15.6 Å². The second kappa shape index (κ2) is 36.6. The first kappa shape index (κ1) is 86.6. The van der Waals surface area contributed by atoms with Gasteiger partial charge in [-0.25, -0.2) is 0 Å². The van der Waals surface area contributed by atoms with E-state index < -0.39 is 15.6 Å². The summed E-state index contributed by atoms with van der Waals surface area (Å²) in [4.78, 5) is 51.3. The molecular formula is H12Ni3O14P2. The van der Waals surface area contributed by atoms with Crippen molar-refractivity contribution in [3.63, 3.8) is 0 Å². The molecule has 19 heavy (non-hydrogen) atoms. The molecule has 0 aliphatic carbocycles. The summed E-state index contributed by atoms with van der Waals surface area (Å²) in [5.74, 6) is 0. The van der Waals surface area contributed by atoms with Crippen LogP contribution in [-0.4, -0.2) is 32.9 Å². The standard InChI is InChI=1S/3Ni.2H3O4P.6H2O/c;;;2*1-5(2,3)4;;;;;;/h;;;2*(H3,1,2,3,4);6*1H2/q3*+2;;;;;;;;/p-6. The van der Waals surface area contributed by atoms with Gasteiger partial charge < -0.3 is 71.3 Å². The van der Waals surface area contributed by atoms with Crippen molar-refractivity contribution >= 4 is 15.6 Å². The molecule has 0 aromatic carbocycles. The molecule has 0 saturated carbocycles. The maximum Gasteiger partial charge on any atom is 2.00 e. The molecule has 0 aliphatic rings. The Morgan fingerprint density at radius 2 is 0.421 bits per heavy atom. The van der Waals surface area contributed by atoms with Gasteiger partial charge in [-0.2, -0.15) is 15.6 Å². The number of hydrogen-bond acceptors (Lipinski definition) is 8. The van der Waals surface area contributed by atoms with Crippen LogP contribution in [0.4, 0.5) is 0 Å². The van der Waals surface area contributed by atoms with E-state index >= 15 is 0 Å². The first-order chi connectivity index (χ1) is 4.00. The Morgan fingerprint density at radius 1 is 0.421 bits per heavy atom. The summed E-state index contributed by atoms with van der Waals surface area (Å²) >= 11 is 0. The van der Waals surface area contributed by atoms with E-state index in [1.54, 1.807) is 0 Å². The fourth-order valence-electron chi connectivity index (χ4n) is 0. The third kappa shape index (κ3) is 2780. The minimum Gasteiger partial charge on any atom is -0.822 e. The molecule has 0 amide bonds. The fraction of sp³-hybridized carbons (Fsp3) is 0.